The molecule has 1 N–H and O–H groups in total. The maximum absolute atomic E-state index is 11.1. The van der Waals surface area contributed by atoms with Crippen LogP contribution in [0.3, 0.4) is 0 Å². The summed E-state index contributed by atoms with van der Waals surface area (Å²) in [5.41, 5.74) is 0.825. The molecule has 6 heteroatoms. The molecule has 0 radical (unpaired) electrons. The molecule has 110 valence electrons. The number of nitrogens with zero attached hydrogens (tertiary/aromatic N) is 2. The van der Waals surface area contributed by atoms with E-state index in [2.05, 4.69) is 10.2 Å². The Morgan fingerprint density at radius 2 is 2.15 bits per heavy atom. The molecular weight excluding hydrogens is 278 g/mol. The van der Waals surface area contributed by atoms with Crippen LogP contribution in [0.15, 0.2) is 18.2 Å². The highest BCUT2D eigenvalue weighted by atomic mass is 35.5. The van der Waals surface area contributed by atoms with Crippen LogP contribution in [-0.2, 0) is 6.54 Å². The number of benzene rings is 1. The minimum atomic E-state index is -0.362. The highest BCUT2D eigenvalue weighted by molar-refractivity contribution is 6.30. The third kappa shape index (κ3) is 4.16. The van der Waals surface area contributed by atoms with Crippen LogP contribution in [0.2, 0.25) is 5.02 Å². The molecule has 1 aromatic carbocycles. The van der Waals surface area contributed by atoms with Crippen molar-refractivity contribution in [3.63, 3.8) is 0 Å². The normalized spacial score (nSPS) is 16.6. The molecule has 0 aliphatic carbocycles. The molecule has 20 heavy (non-hydrogen) atoms. The fourth-order valence-corrected chi connectivity index (χ4v) is 2.87. The van der Waals surface area contributed by atoms with E-state index in [1.54, 1.807) is 12.1 Å². The fraction of sp³-hybridized carbons (Fsp3) is 0.571. The van der Waals surface area contributed by atoms with E-state index in [1.807, 2.05) is 7.05 Å². The number of piperidine rings is 1. The van der Waals surface area contributed by atoms with E-state index >= 15 is 0 Å². The van der Waals surface area contributed by atoms with Crippen LogP contribution in [0.4, 0.5) is 5.69 Å². The van der Waals surface area contributed by atoms with Crippen molar-refractivity contribution in [1.29, 1.82) is 0 Å². The lowest BCUT2D eigenvalue weighted by molar-refractivity contribution is -0.385. The number of hydrogen-bond donors (Lipinski definition) is 1. The van der Waals surface area contributed by atoms with E-state index in [4.69, 9.17) is 11.6 Å². The van der Waals surface area contributed by atoms with Gasteiger partial charge < -0.3 is 10.2 Å². The second-order valence-corrected chi connectivity index (χ2v) is 5.86. The standard InChI is InChI=1S/C14H20ClN3O2/c1-17(9-11-4-6-16-7-5-11)10-12-2-3-13(15)8-14(12)18(19)20/h2-3,8,11,16H,4-7,9-10H2,1H3. The molecule has 0 atom stereocenters. The molecule has 0 spiro atoms. The van der Waals surface area contributed by atoms with Crippen molar-refractivity contribution in [2.75, 3.05) is 26.7 Å². The lowest BCUT2D eigenvalue weighted by atomic mass is 9.97. The van der Waals surface area contributed by atoms with Crippen molar-refractivity contribution < 1.29 is 4.92 Å². The number of rotatable bonds is 5. The highest BCUT2D eigenvalue weighted by Crippen LogP contribution is 2.24. The van der Waals surface area contributed by atoms with Gasteiger partial charge in [0, 0.05) is 29.7 Å². The summed E-state index contributed by atoms with van der Waals surface area (Å²) in [6.07, 6.45) is 2.35. The highest BCUT2D eigenvalue weighted by Gasteiger charge is 2.19. The van der Waals surface area contributed by atoms with Crippen molar-refractivity contribution >= 4 is 17.3 Å². The Morgan fingerprint density at radius 3 is 2.80 bits per heavy atom. The zero-order chi connectivity index (χ0) is 14.5. The minimum absolute atomic E-state index is 0.106. The first-order chi connectivity index (χ1) is 9.56. The van der Waals surface area contributed by atoms with Crippen LogP contribution >= 0.6 is 11.6 Å². The maximum atomic E-state index is 11.1. The zero-order valence-corrected chi connectivity index (χ0v) is 12.4. The molecular formula is C14H20ClN3O2. The maximum Gasteiger partial charge on any atom is 0.275 e. The summed E-state index contributed by atoms with van der Waals surface area (Å²) in [7, 11) is 2.01. The summed E-state index contributed by atoms with van der Waals surface area (Å²) in [4.78, 5) is 12.9. The zero-order valence-electron chi connectivity index (χ0n) is 11.6. The number of nitrogens with one attached hydrogen (secondary N) is 1. The second-order valence-electron chi connectivity index (χ2n) is 5.42. The van der Waals surface area contributed by atoms with Crippen LogP contribution < -0.4 is 5.32 Å². The molecule has 1 saturated heterocycles. The van der Waals surface area contributed by atoms with Crippen LogP contribution in [0.1, 0.15) is 18.4 Å². The first kappa shape index (κ1) is 15.2. The van der Waals surface area contributed by atoms with E-state index in [1.165, 1.54) is 18.9 Å². The molecule has 0 bridgehead atoms. The second kappa shape index (κ2) is 7.02. The molecule has 0 amide bonds. The van der Waals surface area contributed by atoms with Crippen molar-refractivity contribution in [2.24, 2.45) is 5.92 Å². The summed E-state index contributed by atoms with van der Waals surface area (Å²) in [6.45, 7) is 3.69. The van der Waals surface area contributed by atoms with E-state index in [0.29, 0.717) is 17.5 Å². The Kier molecular flexibility index (Phi) is 5.34. The minimum Gasteiger partial charge on any atom is -0.317 e. The van der Waals surface area contributed by atoms with Gasteiger partial charge in [0.2, 0.25) is 0 Å². The summed E-state index contributed by atoms with van der Waals surface area (Å²) in [5, 5.41) is 14.8. The SMILES string of the molecule is CN(Cc1ccc(Cl)cc1[N+](=O)[O-])CC1CCNCC1. The van der Waals surface area contributed by atoms with Gasteiger partial charge in [0.15, 0.2) is 0 Å². The van der Waals surface area contributed by atoms with Gasteiger partial charge in [-0.15, -0.1) is 0 Å². The topological polar surface area (TPSA) is 58.4 Å². The van der Waals surface area contributed by atoms with Crippen LogP contribution in [0.5, 0.6) is 0 Å². The lowest BCUT2D eigenvalue weighted by Gasteiger charge is -2.27. The van der Waals surface area contributed by atoms with Gasteiger partial charge in [0.1, 0.15) is 0 Å². The number of halogens is 1. The molecule has 5 nitrogen and oxygen atoms in total. The monoisotopic (exact) mass is 297 g/mol. The van der Waals surface area contributed by atoms with E-state index < -0.39 is 0 Å². The third-order valence-electron chi connectivity index (χ3n) is 3.71. The predicted octanol–water partition coefficient (Wildman–Crippen LogP) is 2.68. The third-order valence-corrected chi connectivity index (χ3v) is 3.95. The van der Waals surface area contributed by atoms with Crippen molar-refractivity contribution in [1.82, 2.24) is 10.2 Å². The molecule has 1 aliphatic rings. The van der Waals surface area contributed by atoms with Gasteiger partial charge >= 0.3 is 0 Å². The molecule has 1 heterocycles. The largest absolute Gasteiger partial charge is 0.317 e. The predicted molar refractivity (Wildman–Crippen MR) is 80.0 cm³/mol. The van der Waals surface area contributed by atoms with Crippen molar-refractivity contribution in [3.8, 4) is 0 Å². The van der Waals surface area contributed by atoms with Crippen molar-refractivity contribution in [3.05, 3.63) is 38.9 Å². The van der Waals surface area contributed by atoms with Crippen LogP contribution in [0, 0.1) is 16.0 Å². The molecule has 0 aromatic heterocycles. The average Bonchev–Trinajstić information content (AvgIpc) is 2.41. The van der Waals surface area contributed by atoms with Gasteiger partial charge in [0.25, 0.3) is 5.69 Å². The van der Waals surface area contributed by atoms with Crippen molar-refractivity contribution in [2.45, 2.75) is 19.4 Å². The van der Waals surface area contributed by atoms with Gasteiger partial charge in [-0.05, 0) is 51.0 Å². The Morgan fingerprint density at radius 1 is 1.45 bits per heavy atom. The Balaban J connectivity index is 1.99. The van der Waals surface area contributed by atoms with Crippen LogP contribution in [-0.4, -0.2) is 36.5 Å². The van der Waals surface area contributed by atoms with Gasteiger partial charge in [-0.2, -0.15) is 0 Å². The molecule has 0 unspecified atom stereocenters. The van der Waals surface area contributed by atoms with Gasteiger partial charge in [-0.3, -0.25) is 10.1 Å². The summed E-state index contributed by atoms with van der Waals surface area (Å²) >= 11 is 5.83. The van der Waals surface area contributed by atoms with Gasteiger partial charge in [0.05, 0.1) is 4.92 Å². The van der Waals surface area contributed by atoms with Gasteiger partial charge in [-0.1, -0.05) is 11.6 Å². The Hall–Kier alpha value is -1.17. The molecule has 1 aliphatic heterocycles. The lowest BCUT2D eigenvalue weighted by Crippen LogP contribution is -2.34. The fourth-order valence-electron chi connectivity index (χ4n) is 2.70. The van der Waals surface area contributed by atoms with E-state index in [-0.39, 0.29) is 10.6 Å². The summed E-state index contributed by atoms with van der Waals surface area (Å²) in [6, 6.07) is 4.89. The summed E-state index contributed by atoms with van der Waals surface area (Å²) in [5.74, 6) is 0.674. The molecule has 0 saturated carbocycles. The Bertz CT molecular complexity index is 475. The number of hydrogen-bond acceptors (Lipinski definition) is 4. The number of nitro groups is 1. The Labute approximate surface area is 124 Å². The molecule has 1 fully saturated rings. The van der Waals surface area contributed by atoms with Gasteiger partial charge in [-0.25, -0.2) is 0 Å². The first-order valence-electron chi connectivity index (χ1n) is 6.88. The number of nitro benzene ring substituents is 1. The average molecular weight is 298 g/mol. The van der Waals surface area contributed by atoms with E-state index in [9.17, 15) is 10.1 Å². The summed E-state index contributed by atoms with van der Waals surface area (Å²) < 4.78 is 0. The first-order valence-corrected chi connectivity index (χ1v) is 7.26. The van der Waals surface area contributed by atoms with E-state index in [0.717, 1.165) is 25.2 Å². The smallest absolute Gasteiger partial charge is 0.275 e. The van der Waals surface area contributed by atoms with Crippen LogP contribution in [0.25, 0.3) is 0 Å². The quantitative estimate of drug-likeness (QED) is 0.670. The molecule has 1 aromatic rings. The molecule has 2 rings (SSSR count).